The van der Waals surface area contributed by atoms with E-state index < -0.39 is 0 Å². The van der Waals surface area contributed by atoms with E-state index in [-0.39, 0.29) is 11.8 Å². The molecule has 4 nitrogen and oxygen atoms in total. The maximum atomic E-state index is 13.5. The molecule has 0 saturated carbocycles. The molecule has 152 valence electrons. The highest BCUT2D eigenvalue weighted by molar-refractivity contribution is 6.21. The third kappa shape index (κ3) is 4.13. The molecule has 30 heavy (non-hydrogen) atoms. The number of benzene rings is 3. The van der Waals surface area contributed by atoms with Gasteiger partial charge in [0.1, 0.15) is 0 Å². The number of nitrogens with zero attached hydrogens (tertiary/aromatic N) is 1. The summed E-state index contributed by atoms with van der Waals surface area (Å²) >= 11 is 0. The molecule has 0 amide bonds. The second-order valence-electron chi connectivity index (χ2n) is 7.51. The van der Waals surface area contributed by atoms with Gasteiger partial charge in [-0.15, -0.1) is 0 Å². The van der Waals surface area contributed by atoms with Crippen molar-refractivity contribution in [3.8, 4) is 0 Å². The Bertz CT molecular complexity index is 1200. The fourth-order valence-electron chi connectivity index (χ4n) is 3.96. The lowest BCUT2D eigenvalue weighted by molar-refractivity contribution is -0.141. The highest BCUT2D eigenvalue weighted by atomic mass is 16.5. The largest absolute Gasteiger partial charge is 0.466 e. The van der Waals surface area contributed by atoms with Crippen LogP contribution < -0.4 is 0 Å². The van der Waals surface area contributed by atoms with Crippen LogP contribution in [-0.4, -0.2) is 22.9 Å². The van der Waals surface area contributed by atoms with Gasteiger partial charge >= 0.3 is 5.97 Å². The third-order valence-electron chi connectivity index (χ3n) is 5.42. The number of unbranched alkanes of at least 4 members (excludes halogenated alkanes) is 2. The zero-order valence-electron chi connectivity index (χ0n) is 17.1. The summed E-state index contributed by atoms with van der Waals surface area (Å²) in [6, 6.07) is 21.9. The average Bonchev–Trinajstić information content (AvgIpc) is 3.14. The molecule has 0 radical (unpaired) electrons. The Morgan fingerprint density at radius 1 is 0.800 bits per heavy atom. The third-order valence-corrected chi connectivity index (χ3v) is 5.42. The maximum absolute atomic E-state index is 13.5. The summed E-state index contributed by atoms with van der Waals surface area (Å²) < 4.78 is 7.16. The van der Waals surface area contributed by atoms with Gasteiger partial charge in [0.15, 0.2) is 5.78 Å². The van der Waals surface area contributed by atoms with Crippen LogP contribution in [0.5, 0.6) is 0 Å². The molecule has 3 aromatic carbocycles. The minimum atomic E-state index is -0.233. The first-order valence-electron chi connectivity index (χ1n) is 10.4. The number of fused-ring (bicyclic) bond motifs is 2. The van der Waals surface area contributed by atoms with E-state index in [0.717, 1.165) is 58.6 Å². The standard InChI is InChI=1S/C26H25NO3/c1-19(28)30-17-8-2-7-16-27-18-24(22-13-5-6-15-25(22)27)26(29)23-14-9-11-20-10-3-4-12-21(20)23/h3-6,9-15,18H,2,7-8,16-17H2,1H3. The van der Waals surface area contributed by atoms with Crippen LogP contribution in [0.1, 0.15) is 42.1 Å². The van der Waals surface area contributed by atoms with Gasteiger partial charge in [0.05, 0.1) is 6.61 Å². The van der Waals surface area contributed by atoms with Crippen LogP contribution in [-0.2, 0) is 16.1 Å². The van der Waals surface area contributed by atoms with E-state index in [1.807, 2.05) is 66.9 Å². The zero-order valence-corrected chi connectivity index (χ0v) is 17.1. The topological polar surface area (TPSA) is 48.3 Å². The Morgan fingerprint density at radius 3 is 2.37 bits per heavy atom. The van der Waals surface area contributed by atoms with Crippen LogP contribution in [0, 0.1) is 0 Å². The molecule has 0 unspecified atom stereocenters. The van der Waals surface area contributed by atoms with E-state index in [2.05, 4.69) is 10.6 Å². The zero-order chi connectivity index (χ0) is 20.9. The number of ketones is 1. The molecule has 0 fully saturated rings. The molecular weight excluding hydrogens is 374 g/mol. The summed E-state index contributed by atoms with van der Waals surface area (Å²) in [4.78, 5) is 24.4. The lowest BCUT2D eigenvalue weighted by Crippen LogP contribution is -2.03. The fraction of sp³-hybridized carbons (Fsp3) is 0.231. The predicted octanol–water partition coefficient (Wildman–Crippen LogP) is 5.76. The van der Waals surface area contributed by atoms with Crippen molar-refractivity contribution in [2.45, 2.75) is 32.7 Å². The van der Waals surface area contributed by atoms with E-state index in [9.17, 15) is 9.59 Å². The first-order valence-corrected chi connectivity index (χ1v) is 10.4. The SMILES string of the molecule is CC(=O)OCCCCCn1cc(C(=O)c2cccc3ccccc23)c2ccccc21. The Hall–Kier alpha value is -3.40. The van der Waals surface area contributed by atoms with Gasteiger partial charge in [0.25, 0.3) is 0 Å². The molecule has 0 bridgehead atoms. The number of aromatic nitrogens is 1. The minimum Gasteiger partial charge on any atom is -0.466 e. The Balaban J connectivity index is 1.59. The molecule has 0 spiro atoms. The second-order valence-corrected chi connectivity index (χ2v) is 7.51. The van der Waals surface area contributed by atoms with Crippen molar-refractivity contribution < 1.29 is 14.3 Å². The average molecular weight is 399 g/mol. The van der Waals surface area contributed by atoms with Crippen LogP contribution in [0.25, 0.3) is 21.7 Å². The summed E-state index contributed by atoms with van der Waals surface area (Å²) in [5.41, 5.74) is 2.54. The number of hydrogen-bond donors (Lipinski definition) is 0. The second kappa shape index (κ2) is 8.95. The number of ether oxygens (including phenoxy) is 1. The highest BCUT2D eigenvalue weighted by Crippen LogP contribution is 2.27. The van der Waals surface area contributed by atoms with Crippen molar-refractivity contribution in [2.24, 2.45) is 0 Å². The maximum Gasteiger partial charge on any atom is 0.302 e. The molecule has 4 rings (SSSR count). The fourth-order valence-corrected chi connectivity index (χ4v) is 3.96. The molecule has 0 aliphatic heterocycles. The van der Waals surface area contributed by atoms with Gasteiger partial charge in [-0.25, -0.2) is 0 Å². The number of hydrogen-bond acceptors (Lipinski definition) is 3. The lowest BCUT2D eigenvalue weighted by Gasteiger charge is -2.06. The molecule has 0 saturated heterocycles. The summed E-state index contributed by atoms with van der Waals surface area (Å²) in [5, 5.41) is 3.03. The Morgan fingerprint density at radius 2 is 1.53 bits per heavy atom. The molecule has 1 heterocycles. The Kier molecular flexibility index (Phi) is 5.94. The molecule has 0 aliphatic carbocycles. The van der Waals surface area contributed by atoms with Crippen LogP contribution in [0.3, 0.4) is 0 Å². The Labute approximate surface area is 176 Å². The van der Waals surface area contributed by atoms with Gasteiger partial charge in [0, 0.05) is 41.7 Å². The summed E-state index contributed by atoms with van der Waals surface area (Å²) in [6.45, 7) is 2.72. The van der Waals surface area contributed by atoms with Crippen molar-refractivity contribution in [1.82, 2.24) is 4.57 Å². The molecular formula is C26H25NO3. The number of para-hydroxylation sites is 1. The highest BCUT2D eigenvalue weighted by Gasteiger charge is 2.18. The molecule has 4 aromatic rings. The normalized spacial score (nSPS) is 11.1. The van der Waals surface area contributed by atoms with E-state index in [1.165, 1.54) is 6.92 Å². The van der Waals surface area contributed by atoms with Gasteiger partial charge in [-0.1, -0.05) is 60.7 Å². The number of aryl methyl sites for hydroxylation is 1. The van der Waals surface area contributed by atoms with E-state index in [4.69, 9.17) is 4.74 Å². The minimum absolute atomic E-state index is 0.0524. The summed E-state index contributed by atoms with van der Waals surface area (Å²) in [5.74, 6) is -0.181. The monoisotopic (exact) mass is 399 g/mol. The van der Waals surface area contributed by atoms with Gasteiger partial charge in [-0.3, -0.25) is 9.59 Å². The van der Waals surface area contributed by atoms with Crippen molar-refractivity contribution in [2.75, 3.05) is 6.61 Å². The summed E-state index contributed by atoms with van der Waals surface area (Å²) in [6.07, 6.45) is 4.76. The first-order chi connectivity index (χ1) is 14.6. The first kappa shape index (κ1) is 19.9. The predicted molar refractivity (Wildman–Crippen MR) is 120 cm³/mol. The summed E-state index contributed by atoms with van der Waals surface area (Å²) in [7, 11) is 0. The van der Waals surface area contributed by atoms with Gasteiger partial charge in [0.2, 0.25) is 0 Å². The quantitative estimate of drug-likeness (QED) is 0.215. The lowest BCUT2D eigenvalue weighted by atomic mass is 9.97. The number of carbonyl (C=O) groups excluding carboxylic acids is 2. The molecule has 1 aromatic heterocycles. The number of carbonyl (C=O) groups is 2. The van der Waals surface area contributed by atoms with Gasteiger partial charge in [-0.05, 0) is 36.1 Å². The van der Waals surface area contributed by atoms with Crippen molar-refractivity contribution in [1.29, 1.82) is 0 Å². The number of esters is 1. The van der Waals surface area contributed by atoms with Crippen LogP contribution in [0.4, 0.5) is 0 Å². The molecule has 0 aliphatic rings. The number of rotatable bonds is 8. The van der Waals surface area contributed by atoms with E-state index in [1.54, 1.807) is 0 Å². The van der Waals surface area contributed by atoms with Crippen molar-refractivity contribution in [3.63, 3.8) is 0 Å². The van der Waals surface area contributed by atoms with Gasteiger partial charge in [-0.2, -0.15) is 0 Å². The van der Waals surface area contributed by atoms with E-state index in [0.29, 0.717) is 6.61 Å². The molecule has 0 N–H and O–H groups in total. The smallest absolute Gasteiger partial charge is 0.302 e. The van der Waals surface area contributed by atoms with Crippen LogP contribution in [0.15, 0.2) is 72.9 Å². The van der Waals surface area contributed by atoms with E-state index >= 15 is 0 Å². The molecule has 4 heteroatoms. The van der Waals surface area contributed by atoms with Crippen LogP contribution >= 0.6 is 0 Å². The van der Waals surface area contributed by atoms with Gasteiger partial charge < -0.3 is 9.30 Å². The van der Waals surface area contributed by atoms with Crippen LogP contribution in [0.2, 0.25) is 0 Å². The van der Waals surface area contributed by atoms with Crippen molar-refractivity contribution in [3.05, 3.63) is 84.1 Å². The van der Waals surface area contributed by atoms with Crippen molar-refractivity contribution >= 4 is 33.4 Å². The molecule has 0 atom stereocenters.